The zero-order chi connectivity index (χ0) is 18.0. The first-order valence-corrected chi connectivity index (χ1v) is 7.26. The molecule has 1 aromatic rings. The van der Waals surface area contributed by atoms with Gasteiger partial charge in [-0.05, 0) is 50.5 Å². The van der Waals surface area contributed by atoms with Crippen molar-refractivity contribution in [3.8, 4) is 0 Å². The predicted molar refractivity (Wildman–Crippen MR) is 91.6 cm³/mol. The van der Waals surface area contributed by atoms with Gasteiger partial charge in [-0.3, -0.25) is 9.59 Å². The number of aryl methyl sites for hydroxylation is 3. The largest absolute Gasteiger partial charge is 0.480 e. The van der Waals surface area contributed by atoms with Crippen LogP contribution >= 0.6 is 0 Å². The van der Waals surface area contributed by atoms with Gasteiger partial charge < -0.3 is 20.9 Å². The molecule has 0 amide bonds. The molecule has 6 heteroatoms. The van der Waals surface area contributed by atoms with Crippen molar-refractivity contribution in [2.24, 2.45) is 5.73 Å². The molecule has 23 heavy (non-hydrogen) atoms. The molecule has 0 heterocycles. The van der Waals surface area contributed by atoms with Crippen molar-refractivity contribution < 1.29 is 19.4 Å². The Kier molecular flexibility index (Phi) is 9.34. The fourth-order valence-corrected chi connectivity index (χ4v) is 1.62. The van der Waals surface area contributed by atoms with Crippen LogP contribution in [0.3, 0.4) is 0 Å². The van der Waals surface area contributed by atoms with Crippen molar-refractivity contribution in [1.29, 1.82) is 0 Å². The van der Waals surface area contributed by atoms with Gasteiger partial charge in [0.25, 0.3) is 0 Å². The molecule has 1 rings (SSSR count). The average Bonchev–Trinajstić information content (AvgIpc) is 2.50. The van der Waals surface area contributed by atoms with Crippen molar-refractivity contribution in [3.63, 3.8) is 0 Å². The van der Waals surface area contributed by atoms with Gasteiger partial charge in [-0.15, -0.1) is 0 Å². The van der Waals surface area contributed by atoms with Crippen LogP contribution in [-0.2, 0) is 14.3 Å². The van der Waals surface area contributed by atoms with E-state index < -0.39 is 18.0 Å². The van der Waals surface area contributed by atoms with E-state index in [1.807, 2.05) is 26.8 Å². The van der Waals surface area contributed by atoms with E-state index >= 15 is 0 Å². The monoisotopic (exact) mass is 322 g/mol. The van der Waals surface area contributed by atoms with E-state index in [-0.39, 0.29) is 13.2 Å². The van der Waals surface area contributed by atoms with E-state index in [2.05, 4.69) is 22.7 Å². The second kappa shape index (κ2) is 10.4. The zero-order valence-electron chi connectivity index (χ0n) is 14.2. The summed E-state index contributed by atoms with van der Waals surface area (Å²) in [5.41, 5.74) is 9.27. The third-order valence-electron chi connectivity index (χ3n) is 3.11. The first-order valence-electron chi connectivity index (χ1n) is 7.26. The fourth-order valence-electron chi connectivity index (χ4n) is 1.62. The molecule has 6 nitrogen and oxygen atoms in total. The lowest BCUT2D eigenvalue weighted by Crippen LogP contribution is -2.25. The fraction of sp³-hybridized carbons (Fsp3) is 0.412. The summed E-state index contributed by atoms with van der Waals surface area (Å²) in [5, 5.41) is 11.8. The van der Waals surface area contributed by atoms with Crippen LogP contribution in [-0.4, -0.2) is 36.2 Å². The minimum Gasteiger partial charge on any atom is -0.480 e. The Balaban J connectivity index is 0.000000515. The summed E-state index contributed by atoms with van der Waals surface area (Å²) >= 11 is 0. The third kappa shape index (κ3) is 8.01. The maximum Gasteiger partial charge on any atom is 0.325 e. The third-order valence-corrected chi connectivity index (χ3v) is 3.11. The SMILES string of the molecule is C=CCOC(=O)CN.Cc1cc(C)c(N[C@@H](C)C(=O)O)cc1C. The van der Waals surface area contributed by atoms with Gasteiger partial charge in [0.05, 0.1) is 6.54 Å². The highest BCUT2D eigenvalue weighted by molar-refractivity contribution is 5.77. The Morgan fingerprint density at radius 3 is 2.35 bits per heavy atom. The number of carbonyl (C=O) groups is 2. The first-order chi connectivity index (χ1) is 10.7. The standard InChI is InChI=1S/C12H17NO2.C5H9NO2/c1-7-5-9(3)11(6-8(7)2)13-10(4)12(14)15;1-2-3-8-5(7)4-6/h5-6,10,13H,1-4H3,(H,14,15);2H,1,3-4,6H2/t10-;/m0./s1. The summed E-state index contributed by atoms with van der Waals surface area (Å²) < 4.78 is 4.46. The normalized spacial score (nSPS) is 10.8. The molecule has 0 bridgehead atoms. The molecular formula is C17H26N2O4. The Morgan fingerprint density at radius 1 is 1.30 bits per heavy atom. The summed E-state index contributed by atoms with van der Waals surface area (Å²) in [5.74, 6) is -1.24. The Hall–Kier alpha value is -2.34. The molecule has 0 saturated carbocycles. The molecule has 128 valence electrons. The smallest absolute Gasteiger partial charge is 0.325 e. The molecule has 0 aliphatic carbocycles. The van der Waals surface area contributed by atoms with Crippen LogP contribution < -0.4 is 11.1 Å². The highest BCUT2D eigenvalue weighted by Crippen LogP contribution is 2.20. The molecule has 0 fully saturated rings. The molecule has 0 aliphatic heterocycles. The number of hydrogen-bond donors (Lipinski definition) is 3. The van der Waals surface area contributed by atoms with Gasteiger partial charge in [-0.1, -0.05) is 18.7 Å². The zero-order valence-corrected chi connectivity index (χ0v) is 14.2. The summed E-state index contributed by atoms with van der Waals surface area (Å²) in [6.45, 7) is 11.2. The van der Waals surface area contributed by atoms with E-state index in [1.165, 1.54) is 17.2 Å². The number of benzene rings is 1. The van der Waals surface area contributed by atoms with E-state index in [9.17, 15) is 9.59 Å². The second-order valence-corrected chi connectivity index (χ2v) is 5.13. The van der Waals surface area contributed by atoms with Crippen LogP contribution in [0.2, 0.25) is 0 Å². The number of rotatable bonds is 6. The Bertz CT molecular complexity index is 556. The Morgan fingerprint density at radius 2 is 1.87 bits per heavy atom. The summed E-state index contributed by atoms with van der Waals surface area (Å²) in [4.78, 5) is 20.9. The summed E-state index contributed by atoms with van der Waals surface area (Å²) in [6, 6.07) is 3.49. The van der Waals surface area contributed by atoms with Gasteiger partial charge in [-0.2, -0.15) is 0 Å². The van der Waals surface area contributed by atoms with E-state index in [1.54, 1.807) is 6.92 Å². The number of ether oxygens (including phenoxy) is 1. The molecule has 0 saturated heterocycles. The van der Waals surface area contributed by atoms with Crippen molar-refractivity contribution >= 4 is 17.6 Å². The van der Waals surface area contributed by atoms with Crippen LogP contribution in [0, 0.1) is 20.8 Å². The number of carboxylic acids is 1. The number of carboxylic acid groups (broad SMARTS) is 1. The van der Waals surface area contributed by atoms with Crippen LogP contribution in [0.5, 0.6) is 0 Å². The topological polar surface area (TPSA) is 102 Å². The highest BCUT2D eigenvalue weighted by Gasteiger charge is 2.11. The number of aliphatic carboxylic acids is 1. The van der Waals surface area contributed by atoms with Crippen molar-refractivity contribution in [2.75, 3.05) is 18.5 Å². The Labute approximate surface area is 137 Å². The summed E-state index contributed by atoms with van der Waals surface area (Å²) in [6.07, 6.45) is 1.49. The van der Waals surface area contributed by atoms with Gasteiger partial charge in [-0.25, -0.2) is 0 Å². The number of esters is 1. The minimum absolute atomic E-state index is 0.0617. The number of hydrogen-bond acceptors (Lipinski definition) is 5. The number of nitrogens with two attached hydrogens (primary N) is 1. The maximum absolute atomic E-state index is 10.7. The molecular weight excluding hydrogens is 296 g/mol. The predicted octanol–water partition coefficient (Wildman–Crippen LogP) is 2.17. The molecule has 0 spiro atoms. The number of carbonyl (C=O) groups excluding carboxylic acids is 1. The van der Waals surface area contributed by atoms with Crippen molar-refractivity contribution in [3.05, 3.63) is 41.5 Å². The van der Waals surface area contributed by atoms with Crippen LogP contribution in [0.4, 0.5) is 5.69 Å². The highest BCUT2D eigenvalue weighted by atomic mass is 16.5. The number of nitrogens with one attached hydrogen (secondary N) is 1. The quantitative estimate of drug-likeness (QED) is 0.548. The second-order valence-electron chi connectivity index (χ2n) is 5.13. The molecule has 1 atom stereocenters. The van der Waals surface area contributed by atoms with Crippen LogP contribution in [0.25, 0.3) is 0 Å². The van der Waals surface area contributed by atoms with Gasteiger partial charge >= 0.3 is 11.9 Å². The average molecular weight is 322 g/mol. The maximum atomic E-state index is 10.7. The molecule has 0 unspecified atom stereocenters. The first kappa shape index (κ1) is 20.7. The molecule has 0 aliphatic rings. The van der Waals surface area contributed by atoms with E-state index in [4.69, 9.17) is 10.8 Å². The van der Waals surface area contributed by atoms with Gasteiger partial charge in [0, 0.05) is 5.69 Å². The van der Waals surface area contributed by atoms with E-state index in [0.29, 0.717) is 0 Å². The molecule has 4 N–H and O–H groups in total. The van der Waals surface area contributed by atoms with Crippen LogP contribution in [0.1, 0.15) is 23.6 Å². The lowest BCUT2D eigenvalue weighted by molar-refractivity contribution is -0.140. The van der Waals surface area contributed by atoms with Gasteiger partial charge in [0.1, 0.15) is 12.6 Å². The van der Waals surface area contributed by atoms with Crippen molar-refractivity contribution in [2.45, 2.75) is 33.7 Å². The molecule has 0 aromatic heterocycles. The molecule has 0 radical (unpaired) electrons. The lowest BCUT2D eigenvalue weighted by Gasteiger charge is -2.15. The van der Waals surface area contributed by atoms with Gasteiger partial charge in [0.2, 0.25) is 0 Å². The summed E-state index contributed by atoms with van der Waals surface area (Å²) in [7, 11) is 0. The lowest BCUT2D eigenvalue weighted by atomic mass is 10.0. The van der Waals surface area contributed by atoms with Crippen LogP contribution in [0.15, 0.2) is 24.8 Å². The van der Waals surface area contributed by atoms with Gasteiger partial charge in [0.15, 0.2) is 0 Å². The molecule has 1 aromatic carbocycles. The van der Waals surface area contributed by atoms with E-state index in [0.717, 1.165) is 11.3 Å². The minimum atomic E-state index is -0.840. The number of anilines is 1. The van der Waals surface area contributed by atoms with Crippen molar-refractivity contribution in [1.82, 2.24) is 0 Å².